The minimum absolute atomic E-state index is 0.109. The Labute approximate surface area is 163 Å². The van der Waals surface area contributed by atoms with Gasteiger partial charge in [-0.15, -0.1) is 0 Å². The zero-order chi connectivity index (χ0) is 19.1. The smallest absolute Gasteiger partial charge is 0.190 e. The summed E-state index contributed by atoms with van der Waals surface area (Å²) < 4.78 is 29.2. The molecule has 0 aromatic heterocycles. The number of hydrogen-bond acceptors (Lipinski definition) is 4. The summed E-state index contributed by atoms with van der Waals surface area (Å²) in [5.41, 5.74) is 8.92. The van der Waals surface area contributed by atoms with Gasteiger partial charge in [0.1, 0.15) is 5.82 Å². The molecule has 0 radical (unpaired) electrons. The van der Waals surface area contributed by atoms with E-state index in [1.54, 1.807) is 17.1 Å². The van der Waals surface area contributed by atoms with E-state index in [0.717, 1.165) is 21.7 Å². The van der Waals surface area contributed by atoms with Gasteiger partial charge in [-0.3, -0.25) is 0 Å². The SMILES string of the molecule is N#CN1C(N)=CC=C2C1=C(c1ccc(Br)cc1)CN2c1cccc(F)c1F. The fourth-order valence-corrected chi connectivity index (χ4v) is 3.55. The standard InChI is InChI=1S/C20H13BrF2N4/c21-13-6-4-12(5-7-13)14-10-26(16-3-1-2-15(22)19(16)23)17-8-9-18(25)27(11-24)20(14)17/h1-9H,10,25H2. The van der Waals surface area contributed by atoms with Crippen molar-refractivity contribution < 1.29 is 8.78 Å². The second-order valence-electron chi connectivity index (χ2n) is 6.07. The highest BCUT2D eigenvalue weighted by Gasteiger charge is 2.36. The van der Waals surface area contributed by atoms with Gasteiger partial charge in [-0.25, -0.2) is 13.7 Å². The molecule has 134 valence electrons. The zero-order valence-corrected chi connectivity index (χ0v) is 15.5. The van der Waals surface area contributed by atoms with Gasteiger partial charge in [0.05, 0.1) is 23.6 Å². The van der Waals surface area contributed by atoms with E-state index in [4.69, 9.17) is 5.73 Å². The summed E-state index contributed by atoms with van der Waals surface area (Å²) in [7, 11) is 0. The lowest BCUT2D eigenvalue weighted by atomic mass is 10.0. The lowest BCUT2D eigenvalue weighted by molar-refractivity contribution is 0.508. The van der Waals surface area contributed by atoms with Crippen molar-refractivity contribution in [1.29, 1.82) is 5.26 Å². The zero-order valence-electron chi connectivity index (χ0n) is 14.0. The van der Waals surface area contributed by atoms with E-state index in [0.29, 0.717) is 11.4 Å². The van der Waals surface area contributed by atoms with E-state index in [1.165, 1.54) is 17.0 Å². The van der Waals surface area contributed by atoms with Crippen LogP contribution in [0.25, 0.3) is 5.57 Å². The number of halogens is 3. The number of allylic oxidation sites excluding steroid dienone is 2. The number of nitrogens with two attached hydrogens (primary N) is 1. The van der Waals surface area contributed by atoms with Crippen LogP contribution < -0.4 is 10.6 Å². The number of benzene rings is 2. The molecule has 0 atom stereocenters. The van der Waals surface area contributed by atoms with Crippen molar-refractivity contribution in [2.24, 2.45) is 5.73 Å². The Hall–Kier alpha value is -3.11. The fourth-order valence-electron chi connectivity index (χ4n) is 3.29. The van der Waals surface area contributed by atoms with Gasteiger partial charge >= 0.3 is 0 Å². The number of anilines is 1. The largest absolute Gasteiger partial charge is 0.384 e. The molecule has 0 bridgehead atoms. The molecule has 0 amide bonds. The normalized spacial score (nSPS) is 16.1. The van der Waals surface area contributed by atoms with Crippen LogP contribution in [0.1, 0.15) is 5.56 Å². The second kappa shape index (κ2) is 6.56. The van der Waals surface area contributed by atoms with Crippen molar-refractivity contribution in [3.8, 4) is 6.19 Å². The number of nitrogens with zero attached hydrogens (tertiary/aromatic N) is 3. The summed E-state index contributed by atoms with van der Waals surface area (Å²) >= 11 is 3.40. The van der Waals surface area contributed by atoms with Gasteiger partial charge in [-0.2, -0.15) is 5.26 Å². The van der Waals surface area contributed by atoms with E-state index in [9.17, 15) is 14.0 Å². The molecular formula is C20H13BrF2N4. The Morgan fingerprint density at radius 2 is 1.81 bits per heavy atom. The van der Waals surface area contributed by atoms with Crippen molar-refractivity contribution in [3.63, 3.8) is 0 Å². The summed E-state index contributed by atoms with van der Waals surface area (Å²) in [6.45, 7) is 0.280. The number of fused-ring (bicyclic) bond motifs is 1. The van der Waals surface area contributed by atoms with Crippen molar-refractivity contribution in [2.75, 3.05) is 11.4 Å². The van der Waals surface area contributed by atoms with Gasteiger partial charge in [0.2, 0.25) is 0 Å². The van der Waals surface area contributed by atoms with E-state index in [-0.39, 0.29) is 18.1 Å². The number of nitriles is 1. The van der Waals surface area contributed by atoms with Crippen LogP contribution in [0.4, 0.5) is 14.5 Å². The third-order valence-corrected chi connectivity index (χ3v) is 5.07. The Kier molecular flexibility index (Phi) is 4.21. The first-order valence-corrected chi connectivity index (χ1v) is 8.89. The first-order valence-electron chi connectivity index (χ1n) is 8.09. The molecule has 0 spiro atoms. The maximum absolute atomic E-state index is 14.5. The topological polar surface area (TPSA) is 56.3 Å². The summed E-state index contributed by atoms with van der Waals surface area (Å²) in [5, 5.41) is 9.61. The van der Waals surface area contributed by atoms with Crippen LogP contribution in [0.15, 0.2) is 76.3 Å². The summed E-state index contributed by atoms with van der Waals surface area (Å²) in [5.74, 6) is -1.58. The molecule has 2 aromatic rings. The molecule has 7 heteroatoms. The van der Waals surface area contributed by atoms with Gasteiger partial charge in [-0.1, -0.05) is 34.1 Å². The van der Waals surface area contributed by atoms with E-state index < -0.39 is 11.6 Å². The molecule has 2 heterocycles. The molecule has 0 saturated heterocycles. The van der Waals surface area contributed by atoms with E-state index in [1.807, 2.05) is 24.3 Å². The molecule has 2 N–H and O–H groups in total. The van der Waals surface area contributed by atoms with Crippen LogP contribution in [0.5, 0.6) is 0 Å². The average Bonchev–Trinajstić information content (AvgIpc) is 3.04. The van der Waals surface area contributed by atoms with Crippen LogP contribution in [0, 0.1) is 23.1 Å². The molecule has 27 heavy (non-hydrogen) atoms. The molecule has 0 fully saturated rings. The molecular weight excluding hydrogens is 414 g/mol. The predicted octanol–water partition coefficient (Wildman–Crippen LogP) is 4.44. The summed E-state index contributed by atoms with van der Waals surface area (Å²) in [6, 6.07) is 11.6. The highest BCUT2D eigenvalue weighted by atomic mass is 79.9. The minimum atomic E-state index is -0.930. The number of hydrogen-bond donors (Lipinski definition) is 1. The Bertz CT molecular complexity index is 1060. The van der Waals surface area contributed by atoms with Gasteiger partial charge in [0.25, 0.3) is 0 Å². The molecule has 0 aliphatic carbocycles. The van der Waals surface area contributed by atoms with Gasteiger partial charge in [-0.05, 0) is 42.0 Å². The van der Waals surface area contributed by atoms with Crippen molar-refractivity contribution in [2.45, 2.75) is 0 Å². The first kappa shape index (κ1) is 17.3. The van der Waals surface area contributed by atoms with Crippen LogP contribution in [-0.4, -0.2) is 11.4 Å². The quantitative estimate of drug-likeness (QED) is 0.721. The van der Waals surface area contributed by atoms with Crippen LogP contribution in [0.3, 0.4) is 0 Å². The van der Waals surface area contributed by atoms with Crippen LogP contribution in [-0.2, 0) is 0 Å². The lowest BCUT2D eigenvalue weighted by Gasteiger charge is -2.27. The van der Waals surface area contributed by atoms with Crippen molar-refractivity contribution >= 4 is 27.2 Å². The van der Waals surface area contributed by atoms with Gasteiger partial charge < -0.3 is 10.6 Å². The predicted molar refractivity (Wildman–Crippen MR) is 103 cm³/mol. The Morgan fingerprint density at radius 3 is 2.52 bits per heavy atom. The van der Waals surface area contributed by atoms with E-state index >= 15 is 0 Å². The summed E-state index contributed by atoms with van der Waals surface area (Å²) in [6.07, 6.45) is 5.37. The van der Waals surface area contributed by atoms with Crippen molar-refractivity contribution in [1.82, 2.24) is 4.90 Å². The monoisotopic (exact) mass is 426 g/mol. The maximum atomic E-state index is 14.5. The van der Waals surface area contributed by atoms with Gasteiger partial charge in [0, 0.05) is 10.0 Å². The molecule has 4 nitrogen and oxygen atoms in total. The van der Waals surface area contributed by atoms with E-state index in [2.05, 4.69) is 22.1 Å². The highest BCUT2D eigenvalue weighted by Crippen LogP contribution is 2.42. The molecule has 2 aliphatic heterocycles. The maximum Gasteiger partial charge on any atom is 0.190 e. The first-order chi connectivity index (χ1) is 13.0. The molecule has 0 unspecified atom stereocenters. The third-order valence-electron chi connectivity index (χ3n) is 4.54. The average molecular weight is 427 g/mol. The fraction of sp³-hybridized carbons (Fsp3) is 0.0500. The number of rotatable bonds is 2. The van der Waals surface area contributed by atoms with Crippen molar-refractivity contribution in [3.05, 3.63) is 93.5 Å². The summed E-state index contributed by atoms with van der Waals surface area (Å²) in [4.78, 5) is 2.96. The minimum Gasteiger partial charge on any atom is -0.384 e. The lowest BCUT2D eigenvalue weighted by Crippen LogP contribution is -2.29. The third kappa shape index (κ3) is 2.78. The molecule has 2 aliphatic rings. The second-order valence-corrected chi connectivity index (χ2v) is 6.99. The highest BCUT2D eigenvalue weighted by molar-refractivity contribution is 9.10. The van der Waals surface area contributed by atoms with Crippen LogP contribution >= 0.6 is 15.9 Å². The molecule has 2 aromatic carbocycles. The van der Waals surface area contributed by atoms with Gasteiger partial charge in [0.15, 0.2) is 17.8 Å². The molecule has 0 saturated carbocycles. The van der Waals surface area contributed by atoms with Crippen LogP contribution in [0.2, 0.25) is 0 Å². The Balaban J connectivity index is 1.90. The Morgan fingerprint density at radius 1 is 1.07 bits per heavy atom. The molecule has 4 rings (SSSR count).